The second-order valence-electron chi connectivity index (χ2n) is 7.05. The molecule has 5 nitrogen and oxygen atoms in total. The van der Waals surface area contributed by atoms with Crippen molar-refractivity contribution in [1.82, 2.24) is 0 Å². The molecule has 0 bridgehead atoms. The SMILES string of the molecule is C=C(C)C(=O)OCCOc1ccc(/C=C/c2ccc(S(=O)(=O)c3ccccc3)cc2)cc1. The van der Waals surface area contributed by atoms with Gasteiger partial charge in [-0.05, 0) is 54.4 Å². The van der Waals surface area contributed by atoms with Crippen molar-refractivity contribution < 1.29 is 22.7 Å². The zero-order valence-electron chi connectivity index (χ0n) is 17.7. The second kappa shape index (κ2) is 10.6. The number of esters is 1. The maximum Gasteiger partial charge on any atom is 0.333 e. The molecule has 0 aliphatic heterocycles. The van der Waals surface area contributed by atoms with Crippen LogP contribution in [0, 0.1) is 0 Å². The molecule has 3 rings (SSSR count). The van der Waals surface area contributed by atoms with Gasteiger partial charge in [0.05, 0.1) is 9.79 Å². The van der Waals surface area contributed by atoms with Gasteiger partial charge in [-0.15, -0.1) is 0 Å². The minimum atomic E-state index is -3.52. The predicted octanol–water partition coefficient (Wildman–Crippen LogP) is 5.19. The van der Waals surface area contributed by atoms with E-state index in [1.54, 1.807) is 61.5 Å². The summed E-state index contributed by atoms with van der Waals surface area (Å²) in [6.07, 6.45) is 3.84. The number of hydrogen-bond acceptors (Lipinski definition) is 5. The van der Waals surface area contributed by atoms with E-state index in [4.69, 9.17) is 9.47 Å². The number of carbonyl (C=O) groups excluding carboxylic acids is 1. The molecule has 0 spiro atoms. The largest absolute Gasteiger partial charge is 0.490 e. The van der Waals surface area contributed by atoms with E-state index in [1.165, 1.54) is 0 Å². The predicted molar refractivity (Wildman–Crippen MR) is 125 cm³/mol. The summed E-state index contributed by atoms with van der Waals surface area (Å²) in [6, 6.07) is 22.6. The van der Waals surface area contributed by atoms with Crippen LogP contribution in [0.1, 0.15) is 18.1 Å². The van der Waals surface area contributed by atoms with Crippen molar-refractivity contribution in [3.05, 3.63) is 102 Å². The third-order valence-corrected chi connectivity index (χ3v) is 6.31. The lowest BCUT2D eigenvalue weighted by Crippen LogP contribution is -2.12. The second-order valence-corrected chi connectivity index (χ2v) is 9.00. The Kier molecular flexibility index (Phi) is 7.63. The van der Waals surface area contributed by atoms with Gasteiger partial charge in [-0.2, -0.15) is 0 Å². The Morgan fingerprint density at radius 2 is 1.34 bits per heavy atom. The van der Waals surface area contributed by atoms with Crippen molar-refractivity contribution in [2.24, 2.45) is 0 Å². The minimum absolute atomic E-state index is 0.156. The monoisotopic (exact) mass is 448 g/mol. The van der Waals surface area contributed by atoms with E-state index in [1.807, 2.05) is 36.4 Å². The number of ether oxygens (including phenoxy) is 2. The van der Waals surface area contributed by atoms with Crippen LogP contribution in [0.4, 0.5) is 0 Å². The van der Waals surface area contributed by atoms with Crippen molar-refractivity contribution in [3.8, 4) is 5.75 Å². The molecule has 32 heavy (non-hydrogen) atoms. The normalized spacial score (nSPS) is 11.3. The lowest BCUT2D eigenvalue weighted by atomic mass is 10.1. The van der Waals surface area contributed by atoms with Gasteiger partial charge in [0.1, 0.15) is 19.0 Å². The van der Waals surface area contributed by atoms with Crippen LogP contribution in [0.15, 0.2) is 101 Å². The first-order valence-electron chi connectivity index (χ1n) is 10.00. The first-order valence-corrected chi connectivity index (χ1v) is 11.5. The van der Waals surface area contributed by atoms with Gasteiger partial charge < -0.3 is 9.47 Å². The Balaban J connectivity index is 1.56. The first kappa shape index (κ1) is 23.0. The number of benzene rings is 3. The van der Waals surface area contributed by atoms with E-state index in [-0.39, 0.29) is 23.0 Å². The Hall–Kier alpha value is -3.64. The molecule has 0 N–H and O–H groups in total. The number of sulfone groups is 1. The summed E-state index contributed by atoms with van der Waals surface area (Å²) in [4.78, 5) is 11.8. The summed E-state index contributed by atoms with van der Waals surface area (Å²) < 4.78 is 35.8. The van der Waals surface area contributed by atoms with E-state index < -0.39 is 15.8 Å². The fraction of sp³-hybridized carbons (Fsp3) is 0.115. The molecule has 0 aliphatic carbocycles. The molecule has 0 radical (unpaired) electrons. The van der Waals surface area contributed by atoms with Gasteiger partial charge in [0.2, 0.25) is 9.84 Å². The van der Waals surface area contributed by atoms with Crippen molar-refractivity contribution in [2.45, 2.75) is 16.7 Å². The van der Waals surface area contributed by atoms with E-state index in [0.29, 0.717) is 11.3 Å². The van der Waals surface area contributed by atoms with Gasteiger partial charge in [-0.3, -0.25) is 0 Å². The molecule has 0 aromatic heterocycles. The molecule has 6 heteroatoms. The van der Waals surface area contributed by atoms with Crippen molar-refractivity contribution in [2.75, 3.05) is 13.2 Å². The molecule has 0 atom stereocenters. The molecule has 3 aromatic rings. The van der Waals surface area contributed by atoms with Crippen LogP contribution >= 0.6 is 0 Å². The Labute approximate surface area is 188 Å². The van der Waals surface area contributed by atoms with Crippen LogP contribution in [0.25, 0.3) is 12.2 Å². The molecule has 0 aliphatic rings. The lowest BCUT2D eigenvalue weighted by Gasteiger charge is -2.07. The highest BCUT2D eigenvalue weighted by atomic mass is 32.2. The van der Waals surface area contributed by atoms with Crippen LogP contribution in [0.2, 0.25) is 0 Å². The molecule has 0 saturated heterocycles. The highest BCUT2D eigenvalue weighted by Crippen LogP contribution is 2.21. The summed E-state index contributed by atoms with van der Waals surface area (Å²) in [7, 11) is -3.52. The van der Waals surface area contributed by atoms with Crippen molar-refractivity contribution >= 4 is 28.0 Å². The fourth-order valence-corrected chi connectivity index (χ4v) is 4.06. The van der Waals surface area contributed by atoms with Crippen LogP contribution in [-0.2, 0) is 19.4 Å². The lowest BCUT2D eigenvalue weighted by molar-refractivity contribution is -0.139. The summed E-state index contributed by atoms with van der Waals surface area (Å²) in [5.74, 6) is 0.240. The smallest absolute Gasteiger partial charge is 0.333 e. The average Bonchev–Trinajstić information content (AvgIpc) is 2.82. The van der Waals surface area contributed by atoms with Gasteiger partial charge in [-0.1, -0.05) is 61.2 Å². The van der Waals surface area contributed by atoms with E-state index in [9.17, 15) is 13.2 Å². The molecule has 0 heterocycles. The van der Waals surface area contributed by atoms with E-state index in [0.717, 1.165) is 11.1 Å². The molecule has 3 aromatic carbocycles. The van der Waals surface area contributed by atoms with Gasteiger partial charge in [0, 0.05) is 5.57 Å². The third kappa shape index (κ3) is 6.18. The highest BCUT2D eigenvalue weighted by Gasteiger charge is 2.16. The van der Waals surface area contributed by atoms with Crippen LogP contribution in [-0.4, -0.2) is 27.6 Å². The van der Waals surface area contributed by atoms with Crippen LogP contribution in [0.3, 0.4) is 0 Å². The molecular weight excluding hydrogens is 424 g/mol. The number of carbonyl (C=O) groups is 1. The summed E-state index contributed by atoms with van der Waals surface area (Å²) >= 11 is 0. The zero-order chi connectivity index (χ0) is 23.0. The summed E-state index contributed by atoms with van der Waals surface area (Å²) in [5.41, 5.74) is 2.21. The maximum atomic E-state index is 12.7. The van der Waals surface area contributed by atoms with Gasteiger partial charge >= 0.3 is 5.97 Å². The highest BCUT2D eigenvalue weighted by molar-refractivity contribution is 7.91. The van der Waals surface area contributed by atoms with E-state index >= 15 is 0 Å². The number of hydrogen-bond donors (Lipinski definition) is 0. The molecule has 0 fully saturated rings. The van der Waals surface area contributed by atoms with Crippen molar-refractivity contribution in [3.63, 3.8) is 0 Å². The van der Waals surface area contributed by atoms with Crippen LogP contribution < -0.4 is 4.74 Å². The zero-order valence-corrected chi connectivity index (χ0v) is 18.5. The Morgan fingerprint density at radius 3 is 1.91 bits per heavy atom. The standard InChI is InChI=1S/C26H24O5S/c1-20(2)26(27)31-19-18-30-23-14-10-21(11-15-23)8-9-22-12-16-25(17-13-22)32(28,29)24-6-4-3-5-7-24/h3-17H,1,18-19H2,2H3/b9-8+. The molecule has 0 saturated carbocycles. The molecule has 0 unspecified atom stereocenters. The average molecular weight is 449 g/mol. The summed E-state index contributed by atoms with van der Waals surface area (Å²) in [6.45, 7) is 5.53. The maximum absolute atomic E-state index is 12.7. The number of rotatable bonds is 9. The molecular formula is C26H24O5S. The van der Waals surface area contributed by atoms with Crippen molar-refractivity contribution in [1.29, 1.82) is 0 Å². The fourth-order valence-electron chi connectivity index (χ4n) is 2.78. The van der Waals surface area contributed by atoms with Gasteiger partial charge in [-0.25, -0.2) is 13.2 Å². The van der Waals surface area contributed by atoms with Crippen LogP contribution in [0.5, 0.6) is 5.75 Å². The van der Waals surface area contributed by atoms with Gasteiger partial charge in [0.15, 0.2) is 0 Å². The van der Waals surface area contributed by atoms with Gasteiger partial charge in [0.25, 0.3) is 0 Å². The topological polar surface area (TPSA) is 69.7 Å². The third-order valence-electron chi connectivity index (χ3n) is 4.53. The Morgan fingerprint density at radius 1 is 0.812 bits per heavy atom. The molecule has 0 amide bonds. The molecule has 164 valence electrons. The first-order chi connectivity index (χ1) is 15.4. The summed E-state index contributed by atoms with van der Waals surface area (Å²) in [5, 5.41) is 0. The van der Waals surface area contributed by atoms with E-state index in [2.05, 4.69) is 6.58 Å². The Bertz CT molecular complexity index is 1190. The minimum Gasteiger partial charge on any atom is -0.490 e. The quantitative estimate of drug-likeness (QED) is 0.195.